The SMILES string of the molecule is CC(Sc1cccc(NC(=O)/C(=C\c2ccc(Cl)cc2Cl)NC(=O)c2ccccc2)c1)C(=O)Nc1ccc2c(c1)OCCO2. The third-order valence-electron chi connectivity index (χ3n) is 6.37. The Bertz CT molecular complexity index is 1730. The largest absolute Gasteiger partial charge is 0.486 e. The van der Waals surface area contributed by atoms with Gasteiger partial charge < -0.3 is 25.4 Å². The highest BCUT2D eigenvalue weighted by Crippen LogP contribution is 2.33. The molecule has 0 aliphatic carbocycles. The second-order valence-corrected chi connectivity index (χ2v) is 11.9. The van der Waals surface area contributed by atoms with Crippen molar-refractivity contribution in [3.05, 3.63) is 118 Å². The van der Waals surface area contributed by atoms with E-state index < -0.39 is 17.1 Å². The zero-order valence-electron chi connectivity index (χ0n) is 23.4. The molecule has 0 saturated carbocycles. The van der Waals surface area contributed by atoms with Crippen LogP contribution in [0.15, 0.2) is 102 Å². The van der Waals surface area contributed by atoms with Crippen molar-refractivity contribution in [2.45, 2.75) is 17.1 Å². The molecule has 0 aromatic heterocycles. The molecule has 3 amide bonds. The van der Waals surface area contributed by atoms with Crippen LogP contribution in [0.5, 0.6) is 11.5 Å². The van der Waals surface area contributed by atoms with E-state index in [1.807, 2.05) is 6.07 Å². The standard InChI is InChI=1S/C33H27Cl2N3O5S/c1-20(31(39)36-25-12-13-29-30(19-25)43-15-14-42-29)44-26-9-5-8-24(18-26)37-33(41)28(16-22-10-11-23(34)17-27(22)35)38-32(40)21-6-3-2-4-7-21/h2-13,16-20H,14-15H2,1H3,(H,36,39)(H,37,41)(H,38,40)/b28-16+. The van der Waals surface area contributed by atoms with Gasteiger partial charge in [0, 0.05) is 37.9 Å². The molecule has 4 aromatic carbocycles. The summed E-state index contributed by atoms with van der Waals surface area (Å²) in [6, 6.07) is 25.7. The average Bonchev–Trinajstić information content (AvgIpc) is 3.02. The van der Waals surface area contributed by atoms with E-state index in [-0.39, 0.29) is 11.6 Å². The first-order valence-electron chi connectivity index (χ1n) is 13.6. The van der Waals surface area contributed by atoms with Gasteiger partial charge in [0.1, 0.15) is 18.9 Å². The van der Waals surface area contributed by atoms with E-state index in [1.165, 1.54) is 17.8 Å². The highest BCUT2D eigenvalue weighted by atomic mass is 35.5. The van der Waals surface area contributed by atoms with Gasteiger partial charge in [0.05, 0.1) is 5.25 Å². The number of halogens is 2. The molecule has 44 heavy (non-hydrogen) atoms. The van der Waals surface area contributed by atoms with Crippen molar-refractivity contribution in [3.63, 3.8) is 0 Å². The number of hydrogen-bond acceptors (Lipinski definition) is 6. The van der Waals surface area contributed by atoms with Gasteiger partial charge in [0.2, 0.25) is 5.91 Å². The summed E-state index contributed by atoms with van der Waals surface area (Å²) in [5.41, 5.74) is 1.94. The Hall–Kier alpha value is -4.44. The fourth-order valence-electron chi connectivity index (χ4n) is 4.18. The number of ether oxygens (including phenoxy) is 2. The number of amides is 3. The van der Waals surface area contributed by atoms with Gasteiger partial charge in [-0.15, -0.1) is 11.8 Å². The number of benzene rings is 4. The summed E-state index contributed by atoms with van der Waals surface area (Å²) >= 11 is 13.7. The Balaban J connectivity index is 1.28. The molecule has 224 valence electrons. The maximum absolute atomic E-state index is 13.5. The molecule has 0 bridgehead atoms. The second-order valence-electron chi connectivity index (χ2n) is 9.63. The predicted octanol–water partition coefficient (Wildman–Crippen LogP) is 7.29. The van der Waals surface area contributed by atoms with Gasteiger partial charge in [0.15, 0.2) is 11.5 Å². The van der Waals surface area contributed by atoms with Crippen LogP contribution in [0.2, 0.25) is 10.0 Å². The van der Waals surface area contributed by atoms with Gasteiger partial charge in [-0.2, -0.15) is 0 Å². The van der Waals surface area contributed by atoms with Crippen molar-refractivity contribution < 1.29 is 23.9 Å². The molecule has 1 atom stereocenters. The van der Waals surface area contributed by atoms with Crippen molar-refractivity contribution in [1.29, 1.82) is 0 Å². The lowest BCUT2D eigenvalue weighted by molar-refractivity contribution is -0.115. The highest BCUT2D eigenvalue weighted by Gasteiger charge is 2.19. The van der Waals surface area contributed by atoms with E-state index in [4.69, 9.17) is 32.7 Å². The third kappa shape index (κ3) is 8.13. The number of carbonyl (C=O) groups is 3. The van der Waals surface area contributed by atoms with Crippen molar-refractivity contribution in [2.75, 3.05) is 23.8 Å². The summed E-state index contributed by atoms with van der Waals surface area (Å²) in [5.74, 6) is 0.00911. The van der Waals surface area contributed by atoms with Crippen molar-refractivity contribution in [1.82, 2.24) is 5.32 Å². The average molecular weight is 649 g/mol. The predicted molar refractivity (Wildman–Crippen MR) is 175 cm³/mol. The first-order valence-corrected chi connectivity index (χ1v) is 15.2. The molecule has 0 fully saturated rings. The lowest BCUT2D eigenvalue weighted by Crippen LogP contribution is -2.30. The molecule has 0 radical (unpaired) electrons. The van der Waals surface area contributed by atoms with E-state index in [0.29, 0.717) is 57.3 Å². The van der Waals surface area contributed by atoms with Gasteiger partial charge >= 0.3 is 0 Å². The molecule has 1 aliphatic rings. The van der Waals surface area contributed by atoms with Crippen LogP contribution in [0.3, 0.4) is 0 Å². The van der Waals surface area contributed by atoms with Crippen LogP contribution in [0.25, 0.3) is 6.08 Å². The van der Waals surface area contributed by atoms with Gasteiger partial charge in [-0.25, -0.2) is 0 Å². The normalized spacial score (nSPS) is 13.0. The zero-order valence-corrected chi connectivity index (χ0v) is 25.8. The highest BCUT2D eigenvalue weighted by molar-refractivity contribution is 8.00. The maximum atomic E-state index is 13.5. The fraction of sp³-hybridized carbons (Fsp3) is 0.121. The molecule has 5 rings (SSSR count). The second kappa shape index (κ2) is 14.4. The van der Waals surface area contributed by atoms with Crippen LogP contribution in [-0.4, -0.2) is 36.2 Å². The molecule has 0 saturated heterocycles. The summed E-state index contributed by atoms with van der Waals surface area (Å²) < 4.78 is 11.1. The summed E-state index contributed by atoms with van der Waals surface area (Å²) in [6.45, 7) is 2.73. The number of nitrogens with one attached hydrogen (secondary N) is 3. The molecule has 11 heteroatoms. The molecule has 0 spiro atoms. The summed E-state index contributed by atoms with van der Waals surface area (Å²) in [6.07, 6.45) is 1.48. The lowest BCUT2D eigenvalue weighted by Gasteiger charge is -2.19. The smallest absolute Gasteiger partial charge is 0.272 e. The van der Waals surface area contributed by atoms with E-state index in [1.54, 1.807) is 91.9 Å². The van der Waals surface area contributed by atoms with Gasteiger partial charge in [0.25, 0.3) is 11.8 Å². The van der Waals surface area contributed by atoms with Crippen LogP contribution in [0, 0.1) is 0 Å². The Morgan fingerprint density at radius 1 is 0.818 bits per heavy atom. The Morgan fingerprint density at radius 3 is 2.34 bits per heavy atom. The maximum Gasteiger partial charge on any atom is 0.272 e. The Labute approximate surface area is 268 Å². The van der Waals surface area contributed by atoms with E-state index in [9.17, 15) is 14.4 Å². The summed E-state index contributed by atoms with van der Waals surface area (Å²) in [5, 5.41) is 8.73. The monoisotopic (exact) mass is 647 g/mol. The van der Waals surface area contributed by atoms with Crippen LogP contribution < -0.4 is 25.4 Å². The van der Waals surface area contributed by atoms with Crippen LogP contribution in [0.4, 0.5) is 11.4 Å². The first-order chi connectivity index (χ1) is 21.2. The fourth-order valence-corrected chi connectivity index (χ4v) is 5.57. The minimum Gasteiger partial charge on any atom is -0.486 e. The minimum absolute atomic E-state index is 0.0201. The quantitative estimate of drug-likeness (QED) is 0.130. The minimum atomic E-state index is -0.563. The number of hydrogen-bond donors (Lipinski definition) is 3. The molecule has 1 aliphatic heterocycles. The van der Waals surface area contributed by atoms with Crippen molar-refractivity contribution in [2.24, 2.45) is 0 Å². The Kier molecular flexibility index (Phi) is 10.1. The summed E-state index contributed by atoms with van der Waals surface area (Å²) in [4.78, 5) is 40.1. The van der Waals surface area contributed by atoms with Crippen LogP contribution in [-0.2, 0) is 9.59 Å². The number of rotatable bonds is 9. The van der Waals surface area contributed by atoms with Gasteiger partial charge in [-0.3, -0.25) is 14.4 Å². The molecule has 3 N–H and O–H groups in total. The lowest BCUT2D eigenvalue weighted by atomic mass is 10.1. The third-order valence-corrected chi connectivity index (χ3v) is 8.03. The van der Waals surface area contributed by atoms with Crippen LogP contribution >= 0.6 is 35.0 Å². The van der Waals surface area contributed by atoms with Gasteiger partial charge in [-0.05, 0) is 73.2 Å². The Morgan fingerprint density at radius 2 is 1.57 bits per heavy atom. The number of carbonyl (C=O) groups excluding carboxylic acids is 3. The van der Waals surface area contributed by atoms with Gasteiger partial charge in [-0.1, -0.05) is 53.5 Å². The molecule has 8 nitrogen and oxygen atoms in total. The zero-order chi connectivity index (χ0) is 31.1. The molecular weight excluding hydrogens is 621 g/mol. The topological polar surface area (TPSA) is 106 Å². The van der Waals surface area contributed by atoms with E-state index in [2.05, 4.69) is 16.0 Å². The van der Waals surface area contributed by atoms with E-state index >= 15 is 0 Å². The number of anilines is 2. The van der Waals surface area contributed by atoms with Crippen LogP contribution in [0.1, 0.15) is 22.8 Å². The first kappa shape index (κ1) is 31.0. The molecule has 1 unspecified atom stereocenters. The number of thioether (sulfide) groups is 1. The summed E-state index contributed by atoms with van der Waals surface area (Å²) in [7, 11) is 0. The molecule has 4 aromatic rings. The van der Waals surface area contributed by atoms with E-state index in [0.717, 1.165) is 4.90 Å². The molecular formula is C33H27Cl2N3O5S. The number of fused-ring (bicyclic) bond motifs is 1. The van der Waals surface area contributed by atoms with Crippen molar-refractivity contribution in [3.8, 4) is 11.5 Å². The molecule has 1 heterocycles. The van der Waals surface area contributed by atoms with Crippen molar-refractivity contribution >= 4 is 70.1 Å².